The number of thiophene rings is 1. The van der Waals surface area contributed by atoms with Crippen LogP contribution in [0, 0.1) is 0 Å². The molecule has 0 atom stereocenters. The minimum Gasteiger partial charge on any atom is -0.456 e. The van der Waals surface area contributed by atoms with Gasteiger partial charge in [0.25, 0.3) is 0 Å². The van der Waals surface area contributed by atoms with Gasteiger partial charge in [-0.25, -0.2) is 15.0 Å². The summed E-state index contributed by atoms with van der Waals surface area (Å²) in [6.07, 6.45) is 0. The largest absolute Gasteiger partial charge is 0.456 e. The van der Waals surface area contributed by atoms with Gasteiger partial charge >= 0.3 is 0 Å². The van der Waals surface area contributed by atoms with Crippen LogP contribution >= 0.6 is 11.3 Å². The summed E-state index contributed by atoms with van der Waals surface area (Å²) < 4.78 is 11.4. The highest BCUT2D eigenvalue weighted by atomic mass is 32.1. The Hall–Kier alpha value is -7.15. The zero-order chi connectivity index (χ0) is 35.8. The zero-order valence-corrected chi connectivity index (χ0v) is 29.9. The third kappa shape index (κ3) is 3.98. The number of rotatable bonds is 3. The van der Waals surface area contributed by atoms with Gasteiger partial charge in [-0.1, -0.05) is 103 Å². The molecule has 0 saturated carbocycles. The maximum Gasteiger partial charge on any atom is 0.164 e. The number of hydrogen-bond donors (Lipinski definition) is 0. The predicted molar refractivity (Wildman–Crippen MR) is 228 cm³/mol. The van der Waals surface area contributed by atoms with E-state index >= 15 is 0 Å². The van der Waals surface area contributed by atoms with Crippen molar-refractivity contribution in [2.24, 2.45) is 0 Å². The summed E-state index contributed by atoms with van der Waals surface area (Å²) in [4.78, 5) is 15.9. The van der Waals surface area contributed by atoms with Gasteiger partial charge in [0.1, 0.15) is 11.2 Å². The maximum atomic E-state index is 6.49. The van der Waals surface area contributed by atoms with Crippen LogP contribution in [0.3, 0.4) is 0 Å². The average molecular weight is 719 g/mol. The molecule has 0 spiro atoms. The molecule has 0 aliphatic heterocycles. The Labute approximate surface area is 316 Å². The van der Waals surface area contributed by atoms with Gasteiger partial charge in [-0.15, -0.1) is 11.3 Å². The van der Waals surface area contributed by atoms with E-state index in [1.54, 1.807) is 11.3 Å². The van der Waals surface area contributed by atoms with Gasteiger partial charge in [0.2, 0.25) is 0 Å². The van der Waals surface area contributed by atoms with Crippen LogP contribution in [0.4, 0.5) is 0 Å². The second kappa shape index (κ2) is 10.7. The zero-order valence-electron chi connectivity index (χ0n) is 29.1. The third-order valence-electron chi connectivity index (χ3n) is 11.4. The Kier molecular flexibility index (Phi) is 5.71. The first kappa shape index (κ1) is 29.3. The summed E-state index contributed by atoms with van der Waals surface area (Å²) in [5.41, 5.74) is 8.15. The maximum absolute atomic E-state index is 6.49. The molecule has 55 heavy (non-hydrogen) atoms. The fraction of sp³-hybridized carbons (Fsp3) is 0. The summed E-state index contributed by atoms with van der Waals surface area (Å²) >= 11 is 1.80. The molecule has 5 aromatic heterocycles. The number of para-hydroxylation sites is 1. The van der Waals surface area contributed by atoms with Crippen LogP contribution in [0.5, 0.6) is 0 Å². The molecular formula is C49H26N4OS. The Morgan fingerprint density at radius 2 is 1.09 bits per heavy atom. The summed E-state index contributed by atoms with van der Waals surface area (Å²) in [6.45, 7) is 0. The average Bonchev–Trinajstić information content (AvgIpc) is 3.90. The molecule has 0 aliphatic carbocycles. The predicted octanol–water partition coefficient (Wildman–Crippen LogP) is 13.4. The molecular weight excluding hydrogens is 693 g/mol. The van der Waals surface area contributed by atoms with Crippen molar-refractivity contribution in [2.75, 3.05) is 0 Å². The summed E-state index contributed by atoms with van der Waals surface area (Å²) in [5, 5.41) is 11.6. The molecule has 5 nitrogen and oxygen atoms in total. The van der Waals surface area contributed by atoms with Crippen molar-refractivity contribution in [2.45, 2.75) is 0 Å². The van der Waals surface area contributed by atoms with Crippen molar-refractivity contribution < 1.29 is 4.42 Å². The summed E-state index contributed by atoms with van der Waals surface area (Å²) in [6, 6.07) is 55.9. The van der Waals surface area contributed by atoms with Crippen LogP contribution in [0.15, 0.2) is 162 Å². The molecule has 6 heteroatoms. The SMILES string of the molecule is c1ccc2c(-c3nc(-c4ccc5c(c4)c4ccc6oc7cccc8c9ccccc9n5c4c6c78)nc(-c4cccc5sc6ccccc6c45)n3)cccc2c1. The smallest absolute Gasteiger partial charge is 0.164 e. The topological polar surface area (TPSA) is 56.2 Å². The van der Waals surface area contributed by atoms with Crippen molar-refractivity contribution in [3.05, 3.63) is 158 Å². The molecule has 254 valence electrons. The van der Waals surface area contributed by atoms with Crippen LogP contribution in [-0.4, -0.2) is 19.4 Å². The van der Waals surface area contributed by atoms with Crippen molar-refractivity contribution >= 4 is 102 Å². The van der Waals surface area contributed by atoms with E-state index in [9.17, 15) is 0 Å². The Morgan fingerprint density at radius 3 is 2.04 bits per heavy atom. The molecule has 0 amide bonds. The molecule has 0 N–H and O–H groups in total. The number of aromatic nitrogens is 4. The molecule has 13 rings (SSSR count). The standard InChI is InChI=1S/C49H26N4OS/c1-2-12-29-27(10-1)11-7-16-33(29)48-50-47(51-49(52-48)35-17-9-21-42-43(35)34-14-4-6-20-41(34)55-42)28-22-24-38-36(26-28)32-23-25-40-45-44-31(15-8-19-39(44)54-40)30-13-3-5-18-37(30)53(38)46(32)45/h1-26H. The number of furan rings is 1. The summed E-state index contributed by atoms with van der Waals surface area (Å²) in [5.74, 6) is 1.95. The minimum absolute atomic E-state index is 0.636. The van der Waals surface area contributed by atoms with Crippen molar-refractivity contribution in [3.63, 3.8) is 0 Å². The van der Waals surface area contributed by atoms with Crippen LogP contribution < -0.4 is 0 Å². The van der Waals surface area contributed by atoms with E-state index < -0.39 is 0 Å². The molecule has 0 bridgehead atoms. The number of hydrogen-bond acceptors (Lipinski definition) is 5. The molecule has 8 aromatic carbocycles. The van der Waals surface area contributed by atoms with Gasteiger partial charge in [-0.05, 0) is 70.8 Å². The normalized spacial score (nSPS) is 12.4. The van der Waals surface area contributed by atoms with E-state index in [0.29, 0.717) is 17.5 Å². The fourth-order valence-corrected chi connectivity index (χ4v) is 10.2. The number of nitrogens with zero attached hydrogens (tertiary/aromatic N) is 4. The van der Waals surface area contributed by atoms with Gasteiger partial charge in [-0.3, -0.25) is 0 Å². The lowest BCUT2D eigenvalue weighted by Crippen LogP contribution is -2.01. The monoisotopic (exact) mass is 718 g/mol. The van der Waals surface area contributed by atoms with Gasteiger partial charge < -0.3 is 8.82 Å². The minimum atomic E-state index is 0.636. The number of benzene rings is 8. The lowest BCUT2D eigenvalue weighted by atomic mass is 10.0. The number of fused-ring (bicyclic) bond motifs is 10. The van der Waals surface area contributed by atoms with Gasteiger partial charge in [-0.2, -0.15) is 0 Å². The first-order valence-corrected chi connectivity index (χ1v) is 19.3. The summed E-state index contributed by atoms with van der Waals surface area (Å²) in [7, 11) is 0. The van der Waals surface area contributed by atoms with E-state index in [0.717, 1.165) is 76.7 Å². The lowest BCUT2D eigenvalue weighted by Gasteiger charge is -2.11. The molecule has 13 aromatic rings. The van der Waals surface area contributed by atoms with Gasteiger partial charge in [0, 0.05) is 58.4 Å². The second-order valence-corrected chi connectivity index (χ2v) is 15.4. The molecule has 0 saturated heterocycles. The van der Waals surface area contributed by atoms with E-state index in [4.69, 9.17) is 19.4 Å². The molecule has 0 fully saturated rings. The molecule has 0 radical (unpaired) electrons. The van der Waals surface area contributed by atoms with Crippen LogP contribution in [0.25, 0.3) is 125 Å². The Bertz CT molecular complexity index is 3720. The highest BCUT2D eigenvalue weighted by Gasteiger charge is 2.23. The van der Waals surface area contributed by atoms with Crippen molar-refractivity contribution in [1.29, 1.82) is 0 Å². The third-order valence-corrected chi connectivity index (χ3v) is 12.5. The van der Waals surface area contributed by atoms with Crippen molar-refractivity contribution in [1.82, 2.24) is 19.4 Å². The van der Waals surface area contributed by atoms with E-state index in [-0.39, 0.29) is 0 Å². The second-order valence-electron chi connectivity index (χ2n) is 14.3. The quantitative estimate of drug-likeness (QED) is 0.182. The van der Waals surface area contributed by atoms with Crippen LogP contribution in [-0.2, 0) is 0 Å². The van der Waals surface area contributed by atoms with E-state index in [1.165, 1.54) is 30.9 Å². The van der Waals surface area contributed by atoms with Crippen LogP contribution in [0.2, 0.25) is 0 Å². The van der Waals surface area contributed by atoms with Gasteiger partial charge in [0.15, 0.2) is 17.5 Å². The van der Waals surface area contributed by atoms with Crippen LogP contribution in [0.1, 0.15) is 0 Å². The molecule has 5 heterocycles. The Balaban J connectivity index is 1.13. The van der Waals surface area contributed by atoms with Gasteiger partial charge in [0.05, 0.1) is 21.9 Å². The fourth-order valence-electron chi connectivity index (χ4n) is 9.05. The van der Waals surface area contributed by atoms with Crippen molar-refractivity contribution in [3.8, 4) is 34.2 Å². The molecule has 0 unspecified atom stereocenters. The highest BCUT2D eigenvalue weighted by molar-refractivity contribution is 7.25. The van der Waals surface area contributed by atoms with E-state index in [1.807, 2.05) is 0 Å². The lowest BCUT2D eigenvalue weighted by molar-refractivity contribution is 0.669. The Morgan fingerprint density at radius 1 is 0.418 bits per heavy atom. The molecule has 0 aliphatic rings. The first-order valence-electron chi connectivity index (χ1n) is 18.4. The van der Waals surface area contributed by atoms with E-state index in [2.05, 4.69) is 162 Å². The first-order chi connectivity index (χ1) is 27.3. The highest BCUT2D eigenvalue weighted by Crippen LogP contribution is 2.45.